The van der Waals surface area contributed by atoms with Gasteiger partial charge in [0.05, 0.1) is 11.5 Å². The van der Waals surface area contributed by atoms with Crippen molar-refractivity contribution in [3.05, 3.63) is 23.9 Å². The molecule has 1 amide bonds. The van der Waals surface area contributed by atoms with Crippen molar-refractivity contribution in [3.8, 4) is 0 Å². The van der Waals surface area contributed by atoms with Crippen molar-refractivity contribution in [1.82, 2.24) is 4.98 Å². The standard InChI is InChI=1S/C17H25N3O3/c1-17(2,3)23-16(22)11-4-7-13(8-5-11)20-14-9-6-12(10-19-14)15(18)21/h6,9-11,13H,4-5,7-8H2,1-3H3,(H2,18,21)(H,19,20). The van der Waals surface area contributed by atoms with E-state index in [4.69, 9.17) is 10.5 Å². The van der Waals surface area contributed by atoms with Crippen LogP contribution < -0.4 is 11.1 Å². The number of amides is 1. The number of hydrogen-bond acceptors (Lipinski definition) is 5. The van der Waals surface area contributed by atoms with E-state index in [0.29, 0.717) is 5.56 Å². The summed E-state index contributed by atoms with van der Waals surface area (Å²) < 4.78 is 5.45. The molecule has 0 spiro atoms. The van der Waals surface area contributed by atoms with Crippen LogP contribution in [0.5, 0.6) is 0 Å². The number of aromatic nitrogens is 1. The molecule has 1 aromatic heterocycles. The lowest BCUT2D eigenvalue weighted by molar-refractivity contribution is -0.161. The Balaban J connectivity index is 1.82. The van der Waals surface area contributed by atoms with Crippen molar-refractivity contribution < 1.29 is 14.3 Å². The fourth-order valence-electron chi connectivity index (χ4n) is 2.69. The van der Waals surface area contributed by atoms with Crippen LogP contribution in [0, 0.1) is 5.92 Å². The van der Waals surface area contributed by atoms with Gasteiger partial charge in [0.15, 0.2) is 0 Å². The van der Waals surface area contributed by atoms with Crippen molar-refractivity contribution in [2.24, 2.45) is 11.7 Å². The molecule has 1 aromatic rings. The van der Waals surface area contributed by atoms with Gasteiger partial charge in [0.1, 0.15) is 11.4 Å². The van der Waals surface area contributed by atoms with Crippen LogP contribution in [0.3, 0.4) is 0 Å². The van der Waals surface area contributed by atoms with E-state index >= 15 is 0 Å². The zero-order valence-corrected chi connectivity index (χ0v) is 14.0. The summed E-state index contributed by atoms with van der Waals surface area (Å²) >= 11 is 0. The Morgan fingerprint density at radius 1 is 1.22 bits per heavy atom. The Labute approximate surface area is 136 Å². The van der Waals surface area contributed by atoms with Crippen LogP contribution in [0.1, 0.15) is 56.8 Å². The summed E-state index contributed by atoms with van der Waals surface area (Å²) in [6, 6.07) is 3.69. The first-order chi connectivity index (χ1) is 10.7. The van der Waals surface area contributed by atoms with E-state index in [2.05, 4.69) is 10.3 Å². The summed E-state index contributed by atoms with van der Waals surface area (Å²) in [6.07, 6.45) is 4.88. The first-order valence-electron chi connectivity index (χ1n) is 8.00. The van der Waals surface area contributed by atoms with Gasteiger partial charge in [0.25, 0.3) is 0 Å². The number of ether oxygens (including phenoxy) is 1. The van der Waals surface area contributed by atoms with Gasteiger partial charge in [-0.2, -0.15) is 0 Å². The molecule has 1 heterocycles. The predicted octanol–water partition coefficient (Wildman–Crippen LogP) is 2.49. The molecule has 1 aliphatic rings. The number of rotatable bonds is 4. The molecule has 0 aliphatic heterocycles. The molecular formula is C17H25N3O3. The lowest BCUT2D eigenvalue weighted by atomic mass is 9.86. The summed E-state index contributed by atoms with van der Waals surface area (Å²) in [4.78, 5) is 27.3. The van der Waals surface area contributed by atoms with Crippen molar-refractivity contribution in [3.63, 3.8) is 0 Å². The molecule has 23 heavy (non-hydrogen) atoms. The van der Waals surface area contributed by atoms with Gasteiger partial charge in [-0.15, -0.1) is 0 Å². The minimum atomic E-state index is -0.484. The molecule has 0 atom stereocenters. The highest BCUT2D eigenvalue weighted by Gasteiger charge is 2.29. The van der Waals surface area contributed by atoms with Gasteiger partial charge in [-0.05, 0) is 58.6 Å². The van der Waals surface area contributed by atoms with E-state index in [1.165, 1.54) is 6.20 Å². The fourth-order valence-corrected chi connectivity index (χ4v) is 2.69. The summed E-state index contributed by atoms with van der Waals surface area (Å²) in [5.41, 5.74) is 5.15. The van der Waals surface area contributed by atoms with Gasteiger partial charge in [0, 0.05) is 12.2 Å². The van der Waals surface area contributed by atoms with Crippen LogP contribution in [0.2, 0.25) is 0 Å². The Morgan fingerprint density at radius 2 is 1.87 bits per heavy atom. The normalized spacial score (nSPS) is 21.5. The predicted molar refractivity (Wildman–Crippen MR) is 88.0 cm³/mol. The maximum atomic E-state index is 12.1. The molecule has 2 rings (SSSR count). The number of hydrogen-bond donors (Lipinski definition) is 2. The zero-order valence-electron chi connectivity index (χ0n) is 14.0. The van der Waals surface area contributed by atoms with Crippen LogP contribution in [0.15, 0.2) is 18.3 Å². The fraction of sp³-hybridized carbons (Fsp3) is 0.588. The summed E-state index contributed by atoms with van der Waals surface area (Å²) in [5.74, 6) is 0.120. The van der Waals surface area contributed by atoms with Crippen LogP contribution in [0.4, 0.5) is 5.82 Å². The Morgan fingerprint density at radius 3 is 2.35 bits per heavy atom. The number of anilines is 1. The number of nitrogens with two attached hydrogens (primary N) is 1. The SMILES string of the molecule is CC(C)(C)OC(=O)C1CCC(Nc2ccc(C(N)=O)cn2)CC1. The molecule has 6 nitrogen and oxygen atoms in total. The van der Waals surface area contributed by atoms with Gasteiger partial charge in [-0.1, -0.05) is 0 Å². The molecular weight excluding hydrogens is 294 g/mol. The molecule has 0 radical (unpaired) electrons. The number of pyridine rings is 1. The molecule has 0 bridgehead atoms. The minimum absolute atomic E-state index is 0.0162. The molecule has 0 aromatic carbocycles. The number of nitrogens with zero attached hydrogens (tertiary/aromatic N) is 1. The Bertz CT molecular complexity index is 555. The lowest BCUT2D eigenvalue weighted by Gasteiger charge is -2.30. The molecule has 1 saturated carbocycles. The van der Waals surface area contributed by atoms with Crippen molar-refractivity contribution in [2.45, 2.75) is 58.1 Å². The number of carbonyl (C=O) groups excluding carboxylic acids is 2. The van der Waals surface area contributed by atoms with E-state index in [1.807, 2.05) is 20.8 Å². The minimum Gasteiger partial charge on any atom is -0.460 e. The van der Waals surface area contributed by atoms with Crippen molar-refractivity contribution in [1.29, 1.82) is 0 Å². The van der Waals surface area contributed by atoms with Gasteiger partial charge in [-0.3, -0.25) is 9.59 Å². The molecule has 0 saturated heterocycles. The third kappa shape index (κ3) is 5.23. The molecule has 1 aliphatic carbocycles. The van der Waals surface area contributed by atoms with E-state index in [1.54, 1.807) is 12.1 Å². The van der Waals surface area contributed by atoms with Crippen LogP contribution >= 0.6 is 0 Å². The van der Waals surface area contributed by atoms with Crippen LogP contribution in [-0.2, 0) is 9.53 Å². The quantitative estimate of drug-likeness (QED) is 0.832. The topological polar surface area (TPSA) is 94.3 Å². The van der Waals surface area contributed by atoms with E-state index < -0.39 is 11.5 Å². The first-order valence-corrected chi connectivity index (χ1v) is 8.00. The van der Waals surface area contributed by atoms with E-state index in [0.717, 1.165) is 31.5 Å². The molecule has 3 N–H and O–H groups in total. The average molecular weight is 319 g/mol. The second-order valence-corrected chi connectivity index (χ2v) is 7.02. The first kappa shape index (κ1) is 17.2. The van der Waals surface area contributed by atoms with Gasteiger partial charge >= 0.3 is 5.97 Å². The van der Waals surface area contributed by atoms with Crippen LogP contribution in [0.25, 0.3) is 0 Å². The van der Waals surface area contributed by atoms with Gasteiger partial charge < -0.3 is 15.8 Å². The van der Waals surface area contributed by atoms with E-state index in [9.17, 15) is 9.59 Å². The highest BCUT2D eigenvalue weighted by molar-refractivity contribution is 5.92. The number of carbonyl (C=O) groups is 2. The third-order valence-corrected chi connectivity index (χ3v) is 3.87. The average Bonchev–Trinajstić information content (AvgIpc) is 2.46. The zero-order chi connectivity index (χ0) is 17.0. The smallest absolute Gasteiger partial charge is 0.309 e. The monoisotopic (exact) mass is 319 g/mol. The number of primary amides is 1. The lowest BCUT2D eigenvalue weighted by Crippen LogP contribution is -2.34. The number of nitrogens with one attached hydrogen (secondary N) is 1. The largest absolute Gasteiger partial charge is 0.460 e. The van der Waals surface area contributed by atoms with Gasteiger partial charge in [-0.25, -0.2) is 4.98 Å². The Kier molecular flexibility index (Phi) is 5.23. The highest BCUT2D eigenvalue weighted by Crippen LogP contribution is 2.28. The van der Waals surface area contributed by atoms with Crippen molar-refractivity contribution in [2.75, 3.05) is 5.32 Å². The van der Waals surface area contributed by atoms with Gasteiger partial charge in [0.2, 0.25) is 5.91 Å². The maximum Gasteiger partial charge on any atom is 0.309 e. The second-order valence-electron chi connectivity index (χ2n) is 7.02. The van der Waals surface area contributed by atoms with Crippen LogP contribution in [-0.4, -0.2) is 28.5 Å². The number of esters is 1. The Hall–Kier alpha value is -2.11. The van der Waals surface area contributed by atoms with Crippen molar-refractivity contribution >= 4 is 17.7 Å². The molecule has 6 heteroatoms. The summed E-state index contributed by atoms with van der Waals surface area (Å²) in [6.45, 7) is 5.67. The molecule has 1 fully saturated rings. The second kappa shape index (κ2) is 6.98. The highest BCUT2D eigenvalue weighted by atomic mass is 16.6. The maximum absolute atomic E-state index is 12.1. The molecule has 0 unspecified atom stereocenters. The third-order valence-electron chi connectivity index (χ3n) is 3.87. The summed E-state index contributed by atoms with van der Waals surface area (Å²) in [5, 5.41) is 3.34. The van der Waals surface area contributed by atoms with E-state index in [-0.39, 0.29) is 17.9 Å². The summed E-state index contributed by atoms with van der Waals surface area (Å²) in [7, 11) is 0. The molecule has 126 valence electrons.